The molecule has 1 N–H and O–H groups in total. The van der Waals surface area contributed by atoms with Crippen molar-refractivity contribution in [3.63, 3.8) is 0 Å². The fraction of sp³-hybridized carbons (Fsp3) is 0.300. The van der Waals surface area contributed by atoms with Gasteiger partial charge in [0.2, 0.25) is 11.8 Å². The number of aryl methyl sites for hydroxylation is 2. The molecule has 5 heteroatoms. The van der Waals surface area contributed by atoms with Gasteiger partial charge in [0, 0.05) is 24.3 Å². The molecule has 1 aliphatic rings. The zero-order chi connectivity index (χ0) is 18.0. The van der Waals surface area contributed by atoms with E-state index in [0.717, 1.165) is 28.3 Å². The minimum atomic E-state index is -0.352. The third-order valence-corrected chi connectivity index (χ3v) is 4.52. The number of ether oxygens (including phenoxy) is 1. The summed E-state index contributed by atoms with van der Waals surface area (Å²) in [7, 11) is 1.60. The normalized spacial score (nSPS) is 16.8. The second-order valence-corrected chi connectivity index (χ2v) is 6.41. The number of carbonyl (C=O) groups is 2. The first-order chi connectivity index (χ1) is 12.0. The van der Waals surface area contributed by atoms with Crippen LogP contribution in [0.5, 0.6) is 5.75 Å². The van der Waals surface area contributed by atoms with Crippen LogP contribution in [0.4, 0.5) is 11.4 Å². The Morgan fingerprint density at radius 3 is 2.52 bits per heavy atom. The number of rotatable bonds is 4. The molecule has 1 heterocycles. The molecule has 0 bridgehead atoms. The zero-order valence-corrected chi connectivity index (χ0v) is 14.7. The molecular formula is C20H22N2O3. The molecule has 1 atom stereocenters. The van der Waals surface area contributed by atoms with E-state index in [-0.39, 0.29) is 24.2 Å². The number of anilines is 2. The van der Waals surface area contributed by atoms with E-state index in [2.05, 4.69) is 5.32 Å². The third-order valence-electron chi connectivity index (χ3n) is 4.52. The lowest BCUT2D eigenvalue weighted by Gasteiger charge is -2.17. The lowest BCUT2D eigenvalue weighted by atomic mass is 10.1. The van der Waals surface area contributed by atoms with Gasteiger partial charge in [-0.05, 0) is 49.7 Å². The van der Waals surface area contributed by atoms with Gasteiger partial charge < -0.3 is 15.0 Å². The van der Waals surface area contributed by atoms with Crippen LogP contribution in [0.25, 0.3) is 0 Å². The van der Waals surface area contributed by atoms with Gasteiger partial charge in [-0.3, -0.25) is 9.59 Å². The molecule has 1 aliphatic heterocycles. The topological polar surface area (TPSA) is 58.6 Å². The summed E-state index contributed by atoms with van der Waals surface area (Å²) in [6.07, 6.45) is 0.225. The van der Waals surface area contributed by atoms with Gasteiger partial charge in [0.05, 0.1) is 13.0 Å². The van der Waals surface area contributed by atoms with E-state index in [1.54, 1.807) is 12.0 Å². The predicted octanol–water partition coefficient (Wildman–Crippen LogP) is 3.30. The maximum Gasteiger partial charge on any atom is 0.229 e. The van der Waals surface area contributed by atoms with E-state index in [9.17, 15) is 9.59 Å². The summed E-state index contributed by atoms with van der Waals surface area (Å²) in [5.74, 6) is 0.233. The van der Waals surface area contributed by atoms with E-state index in [1.807, 2.05) is 56.3 Å². The van der Waals surface area contributed by atoms with Crippen molar-refractivity contribution in [3.8, 4) is 5.75 Å². The molecule has 1 saturated heterocycles. The average Bonchev–Trinajstić information content (AvgIpc) is 2.99. The van der Waals surface area contributed by atoms with Gasteiger partial charge in [-0.2, -0.15) is 0 Å². The molecule has 5 nitrogen and oxygen atoms in total. The van der Waals surface area contributed by atoms with Crippen molar-refractivity contribution in [2.45, 2.75) is 20.3 Å². The Kier molecular flexibility index (Phi) is 4.74. The maximum atomic E-state index is 12.6. The van der Waals surface area contributed by atoms with Crippen LogP contribution in [0.2, 0.25) is 0 Å². The SMILES string of the molecule is COc1ccc(N2CC(C(=O)Nc3ccc(C)cc3C)CC2=O)cc1. The van der Waals surface area contributed by atoms with Crippen molar-refractivity contribution >= 4 is 23.2 Å². The van der Waals surface area contributed by atoms with Crippen molar-refractivity contribution in [2.24, 2.45) is 5.92 Å². The number of amides is 2. The largest absolute Gasteiger partial charge is 0.497 e. The molecule has 25 heavy (non-hydrogen) atoms. The zero-order valence-electron chi connectivity index (χ0n) is 14.7. The summed E-state index contributed by atoms with van der Waals surface area (Å²) in [6.45, 7) is 4.37. The summed E-state index contributed by atoms with van der Waals surface area (Å²) in [5, 5.41) is 2.95. The van der Waals surface area contributed by atoms with Crippen LogP contribution >= 0.6 is 0 Å². The number of hydrogen-bond donors (Lipinski definition) is 1. The van der Waals surface area contributed by atoms with Gasteiger partial charge in [-0.25, -0.2) is 0 Å². The standard InChI is InChI=1S/C20H22N2O3/c1-13-4-9-18(14(2)10-13)21-20(24)15-11-19(23)22(12-15)16-5-7-17(25-3)8-6-16/h4-10,15H,11-12H2,1-3H3,(H,21,24). The minimum absolute atomic E-state index is 0.0362. The second-order valence-electron chi connectivity index (χ2n) is 6.41. The lowest BCUT2D eigenvalue weighted by Crippen LogP contribution is -2.28. The Hall–Kier alpha value is -2.82. The summed E-state index contributed by atoms with van der Waals surface area (Å²) >= 11 is 0. The highest BCUT2D eigenvalue weighted by atomic mass is 16.5. The highest BCUT2D eigenvalue weighted by Crippen LogP contribution is 2.28. The van der Waals surface area contributed by atoms with Crippen LogP contribution in [0.1, 0.15) is 17.5 Å². The Labute approximate surface area is 147 Å². The highest BCUT2D eigenvalue weighted by molar-refractivity contribution is 6.03. The van der Waals surface area contributed by atoms with E-state index >= 15 is 0 Å². The van der Waals surface area contributed by atoms with Crippen LogP contribution in [0.15, 0.2) is 42.5 Å². The van der Waals surface area contributed by atoms with Crippen LogP contribution < -0.4 is 15.0 Å². The molecular weight excluding hydrogens is 316 g/mol. The van der Waals surface area contributed by atoms with Gasteiger partial charge in [0.15, 0.2) is 0 Å². The van der Waals surface area contributed by atoms with Crippen molar-refractivity contribution in [1.82, 2.24) is 0 Å². The molecule has 0 saturated carbocycles. The van der Waals surface area contributed by atoms with E-state index in [1.165, 1.54) is 0 Å². The number of carbonyl (C=O) groups excluding carboxylic acids is 2. The Bertz CT molecular complexity index is 799. The molecule has 2 amide bonds. The molecule has 0 aliphatic carbocycles. The summed E-state index contributed by atoms with van der Waals surface area (Å²) in [4.78, 5) is 26.5. The first-order valence-electron chi connectivity index (χ1n) is 8.30. The Morgan fingerprint density at radius 2 is 1.88 bits per heavy atom. The van der Waals surface area contributed by atoms with Gasteiger partial charge in [0.1, 0.15) is 5.75 Å². The number of methoxy groups -OCH3 is 1. The van der Waals surface area contributed by atoms with Gasteiger partial charge in [-0.1, -0.05) is 17.7 Å². The van der Waals surface area contributed by atoms with Crippen molar-refractivity contribution in [3.05, 3.63) is 53.6 Å². The molecule has 0 radical (unpaired) electrons. The highest BCUT2D eigenvalue weighted by Gasteiger charge is 2.35. The van der Waals surface area contributed by atoms with Crippen LogP contribution in [0, 0.1) is 19.8 Å². The number of hydrogen-bond acceptors (Lipinski definition) is 3. The average molecular weight is 338 g/mol. The Balaban J connectivity index is 1.69. The second kappa shape index (κ2) is 6.97. The molecule has 0 spiro atoms. The molecule has 1 fully saturated rings. The van der Waals surface area contributed by atoms with Crippen molar-refractivity contribution in [1.29, 1.82) is 0 Å². The van der Waals surface area contributed by atoms with Gasteiger partial charge in [-0.15, -0.1) is 0 Å². The van der Waals surface area contributed by atoms with Crippen LogP contribution in [-0.2, 0) is 9.59 Å². The van der Waals surface area contributed by atoms with Gasteiger partial charge in [0.25, 0.3) is 0 Å². The first kappa shape index (κ1) is 17.0. The van der Waals surface area contributed by atoms with Crippen LogP contribution in [-0.4, -0.2) is 25.5 Å². The summed E-state index contributed by atoms with van der Waals surface area (Å²) in [5.41, 5.74) is 3.75. The van der Waals surface area contributed by atoms with E-state index in [4.69, 9.17) is 4.74 Å². The smallest absolute Gasteiger partial charge is 0.229 e. The lowest BCUT2D eigenvalue weighted by molar-refractivity contribution is -0.122. The van der Waals surface area contributed by atoms with Gasteiger partial charge >= 0.3 is 0 Å². The molecule has 3 rings (SSSR count). The molecule has 0 aromatic heterocycles. The third kappa shape index (κ3) is 3.65. The fourth-order valence-electron chi connectivity index (χ4n) is 3.08. The first-order valence-corrected chi connectivity index (χ1v) is 8.30. The molecule has 1 unspecified atom stereocenters. The number of nitrogens with one attached hydrogen (secondary N) is 1. The predicted molar refractivity (Wildman–Crippen MR) is 98.0 cm³/mol. The quantitative estimate of drug-likeness (QED) is 0.930. The molecule has 130 valence electrons. The fourth-order valence-corrected chi connectivity index (χ4v) is 3.08. The molecule has 2 aromatic carbocycles. The van der Waals surface area contributed by atoms with E-state index in [0.29, 0.717) is 6.54 Å². The van der Waals surface area contributed by atoms with Crippen molar-refractivity contribution < 1.29 is 14.3 Å². The van der Waals surface area contributed by atoms with E-state index < -0.39 is 0 Å². The molecule has 2 aromatic rings. The monoisotopic (exact) mass is 338 g/mol. The summed E-state index contributed by atoms with van der Waals surface area (Å²) in [6, 6.07) is 13.2. The minimum Gasteiger partial charge on any atom is -0.497 e. The van der Waals surface area contributed by atoms with Crippen LogP contribution in [0.3, 0.4) is 0 Å². The summed E-state index contributed by atoms with van der Waals surface area (Å²) < 4.78 is 5.14. The number of benzene rings is 2. The van der Waals surface area contributed by atoms with Crippen molar-refractivity contribution in [2.75, 3.05) is 23.9 Å². The number of nitrogens with zero attached hydrogens (tertiary/aromatic N) is 1. The maximum absolute atomic E-state index is 12.6. The Morgan fingerprint density at radius 1 is 1.16 bits per heavy atom.